The summed E-state index contributed by atoms with van der Waals surface area (Å²) in [5, 5.41) is 16.6. The summed E-state index contributed by atoms with van der Waals surface area (Å²) < 4.78 is 27.0. The van der Waals surface area contributed by atoms with Gasteiger partial charge in [-0.2, -0.15) is 5.26 Å². The molecule has 5 nitrogen and oxygen atoms in total. The number of hydrogen-bond acceptors (Lipinski definition) is 5. The Bertz CT molecular complexity index is 1170. The number of pyridine rings is 1. The topological polar surface area (TPSA) is 86.8 Å². The van der Waals surface area contributed by atoms with Gasteiger partial charge < -0.3 is 16.4 Å². The zero-order valence-electron chi connectivity index (χ0n) is 17.9. The Morgan fingerprint density at radius 2 is 1.76 bits per heavy atom. The van der Waals surface area contributed by atoms with Crippen LogP contribution >= 0.6 is 11.6 Å². The lowest BCUT2D eigenvalue weighted by Gasteiger charge is -2.27. The van der Waals surface area contributed by atoms with Gasteiger partial charge in [0.15, 0.2) is 0 Å². The van der Waals surface area contributed by atoms with Gasteiger partial charge in [-0.1, -0.05) is 11.6 Å². The van der Waals surface area contributed by atoms with Crippen LogP contribution in [0.3, 0.4) is 0 Å². The molecule has 4 N–H and O–H groups in total. The van der Waals surface area contributed by atoms with E-state index in [1.165, 1.54) is 12.1 Å². The molecule has 0 unspecified atom stereocenters. The molecule has 0 spiro atoms. The number of nitrogens with two attached hydrogens (primary N) is 1. The van der Waals surface area contributed by atoms with Crippen LogP contribution in [0.1, 0.15) is 36.8 Å². The molecule has 0 bridgehead atoms. The van der Waals surface area contributed by atoms with Crippen molar-refractivity contribution in [1.29, 1.82) is 5.26 Å². The number of halogens is 3. The van der Waals surface area contributed by atoms with Crippen molar-refractivity contribution in [2.45, 2.75) is 44.3 Å². The van der Waals surface area contributed by atoms with Crippen LogP contribution in [0.15, 0.2) is 48.7 Å². The number of rotatable bonds is 6. The van der Waals surface area contributed by atoms with Crippen LogP contribution in [0, 0.1) is 23.0 Å². The van der Waals surface area contributed by atoms with Gasteiger partial charge in [0.05, 0.1) is 16.7 Å². The summed E-state index contributed by atoms with van der Waals surface area (Å²) in [6.07, 6.45) is 5.52. The van der Waals surface area contributed by atoms with Crippen LogP contribution in [0.2, 0.25) is 5.02 Å². The largest absolute Gasteiger partial charge is 0.381 e. The van der Waals surface area contributed by atoms with Crippen LogP contribution in [0.4, 0.5) is 20.3 Å². The van der Waals surface area contributed by atoms with Crippen LogP contribution in [-0.2, 0) is 6.54 Å². The minimum Gasteiger partial charge on any atom is -0.381 e. The normalized spacial score (nSPS) is 17.9. The van der Waals surface area contributed by atoms with Crippen molar-refractivity contribution in [2.75, 3.05) is 10.6 Å². The van der Waals surface area contributed by atoms with E-state index in [9.17, 15) is 14.0 Å². The van der Waals surface area contributed by atoms with E-state index >= 15 is 0 Å². The average molecular weight is 468 g/mol. The maximum atomic E-state index is 13.5. The van der Waals surface area contributed by atoms with Gasteiger partial charge in [-0.3, -0.25) is 0 Å². The monoisotopic (exact) mass is 467 g/mol. The zero-order valence-corrected chi connectivity index (χ0v) is 18.7. The molecule has 1 heterocycles. The molecule has 1 aromatic heterocycles. The highest BCUT2D eigenvalue weighted by atomic mass is 35.5. The van der Waals surface area contributed by atoms with Gasteiger partial charge in [0.1, 0.15) is 17.5 Å². The fraction of sp³-hybridized carbons (Fsp3) is 0.280. The Morgan fingerprint density at radius 1 is 1.03 bits per heavy atom. The van der Waals surface area contributed by atoms with Crippen LogP contribution in [0.5, 0.6) is 0 Å². The number of hydrogen-bond donors (Lipinski definition) is 3. The van der Waals surface area contributed by atoms with Crippen molar-refractivity contribution in [3.05, 3.63) is 76.4 Å². The second-order valence-corrected chi connectivity index (χ2v) is 8.75. The summed E-state index contributed by atoms with van der Waals surface area (Å²) in [5.74, 6) is -0.564. The maximum Gasteiger partial charge on any atom is 0.126 e. The van der Waals surface area contributed by atoms with Gasteiger partial charge >= 0.3 is 0 Å². The molecule has 0 amide bonds. The van der Waals surface area contributed by atoms with Crippen LogP contribution in [0.25, 0.3) is 11.1 Å². The molecule has 33 heavy (non-hydrogen) atoms. The maximum absolute atomic E-state index is 13.5. The predicted molar refractivity (Wildman–Crippen MR) is 127 cm³/mol. The van der Waals surface area contributed by atoms with E-state index in [4.69, 9.17) is 17.3 Å². The Hall–Kier alpha value is -3.21. The smallest absolute Gasteiger partial charge is 0.126 e. The second-order valence-electron chi connectivity index (χ2n) is 8.35. The number of benzene rings is 2. The van der Waals surface area contributed by atoms with E-state index in [2.05, 4.69) is 21.7 Å². The Balaban J connectivity index is 1.57. The summed E-state index contributed by atoms with van der Waals surface area (Å²) in [4.78, 5) is 4.41. The summed E-state index contributed by atoms with van der Waals surface area (Å²) in [6, 6.07) is 13.2. The highest BCUT2D eigenvalue weighted by Crippen LogP contribution is 2.33. The lowest BCUT2D eigenvalue weighted by atomic mass is 9.92. The van der Waals surface area contributed by atoms with Gasteiger partial charge in [-0.05, 0) is 73.2 Å². The minimum absolute atomic E-state index is 0.198. The Morgan fingerprint density at radius 3 is 2.45 bits per heavy atom. The van der Waals surface area contributed by atoms with Crippen LogP contribution in [-0.4, -0.2) is 17.1 Å². The standard InChI is InChI=1S/C25H24ClF2N5/c26-24-14-32-25(33-21-3-1-20(30)2-4-21)11-23(24)17-5-15(12-29)8-22(9-17)31-13-16-6-18(27)10-19(28)7-16/h5-11,14,20-21,31H,1-4,13,30H2,(H,32,33). The molecule has 4 rings (SSSR count). The molecule has 1 fully saturated rings. The molecule has 8 heteroatoms. The van der Waals surface area contributed by atoms with Crippen LogP contribution < -0.4 is 16.4 Å². The molecule has 1 aliphatic rings. The summed E-state index contributed by atoms with van der Waals surface area (Å²) >= 11 is 6.45. The first-order valence-electron chi connectivity index (χ1n) is 10.8. The van der Waals surface area contributed by atoms with E-state index in [-0.39, 0.29) is 12.6 Å². The number of nitriles is 1. The predicted octanol–water partition coefficient (Wildman–Crippen LogP) is 5.85. The first-order valence-corrected chi connectivity index (χ1v) is 11.2. The summed E-state index contributed by atoms with van der Waals surface area (Å²) in [6.45, 7) is 0.198. The van der Waals surface area contributed by atoms with E-state index < -0.39 is 11.6 Å². The fourth-order valence-electron chi connectivity index (χ4n) is 4.08. The molecule has 170 valence electrons. The molecule has 0 saturated heterocycles. The first-order chi connectivity index (χ1) is 15.9. The van der Waals surface area contributed by atoms with Crippen molar-refractivity contribution < 1.29 is 8.78 Å². The highest BCUT2D eigenvalue weighted by Gasteiger charge is 2.19. The molecular weight excluding hydrogens is 444 g/mol. The third-order valence-corrected chi connectivity index (χ3v) is 6.07. The van der Waals surface area contributed by atoms with E-state index in [1.807, 2.05) is 12.1 Å². The minimum atomic E-state index is -0.637. The van der Waals surface area contributed by atoms with Crippen molar-refractivity contribution in [1.82, 2.24) is 4.98 Å². The third kappa shape index (κ3) is 5.98. The van der Waals surface area contributed by atoms with Gasteiger partial charge in [0.25, 0.3) is 0 Å². The lowest BCUT2D eigenvalue weighted by Crippen LogP contribution is -2.33. The quantitative estimate of drug-likeness (QED) is 0.423. The van der Waals surface area contributed by atoms with E-state index in [0.717, 1.165) is 42.9 Å². The lowest BCUT2D eigenvalue weighted by molar-refractivity contribution is 0.410. The van der Waals surface area contributed by atoms with E-state index in [0.29, 0.717) is 33.7 Å². The van der Waals surface area contributed by atoms with E-state index in [1.54, 1.807) is 18.3 Å². The molecule has 3 aromatic rings. The van der Waals surface area contributed by atoms with Crippen molar-refractivity contribution in [3.63, 3.8) is 0 Å². The molecule has 0 radical (unpaired) electrons. The first kappa shape index (κ1) is 23.0. The number of anilines is 2. The highest BCUT2D eigenvalue weighted by molar-refractivity contribution is 6.33. The summed E-state index contributed by atoms with van der Waals surface area (Å²) in [7, 11) is 0. The molecule has 0 atom stereocenters. The van der Waals surface area contributed by atoms with Gasteiger partial charge in [-0.25, -0.2) is 13.8 Å². The Labute approximate surface area is 196 Å². The zero-order chi connectivity index (χ0) is 23.4. The Kier molecular flexibility index (Phi) is 7.07. The van der Waals surface area contributed by atoms with Crippen molar-refractivity contribution in [3.8, 4) is 17.2 Å². The summed E-state index contributed by atoms with van der Waals surface area (Å²) in [5.41, 5.74) is 9.00. The SMILES string of the molecule is N#Cc1cc(NCc2cc(F)cc(F)c2)cc(-c2cc(NC3CCC(N)CC3)ncc2Cl)c1. The van der Waals surface area contributed by atoms with Crippen molar-refractivity contribution in [2.24, 2.45) is 5.73 Å². The number of aromatic nitrogens is 1. The molecule has 2 aromatic carbocycles. The third-order valence-electron chi connectivity index (χ3n) is 5.77. The van der Waals surface area contributed by atoms with Gasteiger partial charge in [-0.15, -0.1) is 0 Å². The van der Waals surface area contributed by atoms with Gasteiger partial charge in [0.2, 0.25) is 0 Å². The molecule has 1 aliphatic carbocycles. The fourth-order valence-corrected chi connectivity index (χ4v) is 4.29. The average Bonchev–Trinajstić information content (AvgIpc) is 2.79. The van der Waals surface area contributed by atoms with Crippen molar-refractivity contribution >= 4 is 23.1 Å². The molecule has 0 aliphatic heterocycles. The molecular formula is C25H24ClF2N5. The second kappa shape index (κ2) is 10.2. The number of nitrogens with one attached hydrogen (secondary N) is 2. The van der Waals surface area contributed by atoms with Gasteiger partial charge in [0, 0.05) is 42.1 Å². The molecule has 1 saturated carbocycles. The number of nitrogens with zero attached hydrogens (tertiary/aromatic N) is 2.